The fourth-order valence-electron chi connectivity index (χ4n) is 3.00. The molecule has 0 unspecified atom stereocenters. The molecule has 0 bridgehead atoms. The highest BCUT2D eigenvalue weighted by Crippen LogP contribution is 2.25. The zero-order chi connectivity index (χ0) is 17.5. The van der Waals surface area contributed by atoms with Crippen LogP contribution < -0.4 is 4.74 Å². The lowest BCUT2D eigenvalue weighted by atomic mass is 9.89. The van der Waals surface area contributed by atoms with E-state index in [0.717, 1.165) is 31.2 Å². The van der Waals surface area contributed by atoms with Gasteiger partial charge in [-0.2, -0.15) is 0 Å². The normalized spacial score (nSPS) is 14.7. The minimum absolute atomic E-state index is 0.00395. The molecule has 1 aliphatic carbocycles. The summed E-state index contributed by atoms with van der Waals surface area (Å²) < 4.78 is 10.7. The molecule has 0 saturated heterocycles. The molecule has 25 heavy (non-hydrogen) atoms. The van der Waals surface area contributed by atoms with E-state index in [2.05, 4.69) is 0 Å². The molecule has 0 heterocycles. The van der Waals surface area contributed by atoms with E-state index in [4.69, 9.17) is 9.47 Å². The van der Waals surface area contributed by atoms with Gasteiger partial charge >= 0.3 is 11.9 Å². The van der Waals surface area contributed by atoms with Gasteiger partial charge in [0.2, 0.25) is 0 Å². The molecule has 0 aliphatic heterocycles. The van der Waals surface area contributed by atoms with E-state index in [1.54, 1.807) is 24.3 Å². The van der Waals surface area contributed by atoms with Crippen LogP contribution in [-0.4, -0.2) is 11.9 Å². The fraction of sp³-hybridized carbons (Fsp3) is 0.333. The molecule has 1 saturated carbocycles. The second-order valence-electron chi connectivity index (χ2n) is 6.34. The third-order valence-corrected chi connectivity index (χ3v) is 4.46. The van der Waals surface area contributed by atoms with Crippen molar-refractivity contribution in [1.82, 2.24) is 0 Å². The number of esters is 2. The monoisotopic (exact) mass is 338 g/mol. The number of ether oxygens (including phenoxy) is 2. The van der Waals surface area contributed by atoms with E-state index in [0.29, 0.717) is 11.3 Å². The van der Waals surface area contributed by atoms with Crippen LogP contribution in [0.25, 0.3) is 0 Å². The van der Waals surface area contributed by atoms with Gasteiger partial charge in [-0.05, 0) is 42.7 Å². The van der Waals surface area contributed by atoms with E-state index in [1.165, 1.54) is 6.42 Å². The van der Waals surface area contributed by atoms with Crippen LogP contribution in [0.5, 0.6) is 5.75 Å². The number of rotatable bonds is 5. The second kappa shape index (κ2) is 8.47. The van der Waals surface area contributed by atoms with Gasteiger partial charge in [-0.15, -0.1) is 0 Å². The third-order valence-electron chi connectivity index (χ3n) is 4.46. The Kier molecular flexibility index (Phi) is 5.83. The average molecular weight is 338 g/mol. The first kappa shape index (κ1) is 17.2. The quantitative estimate of drug-likeness (QED) is 0.594. The second-order valence-corrected chi connectivity index (χ2v) is 6.34. The van der Waals surface area contributed by atoms with Crippen LogP contribution >= 0.6 is 0 Å². The molecule has 0 amide bonds. The van der Waals surface area contributed by atoms with Crippen molar-refractivity contribution in [3.63, 3.8) is 0 Å². The Labute approximate surface area is 147 Å². The Balaban J connectivity index is 1.52. The summed E-state index contributed by atoms with van der Waals surface area (Å²) in [6.07, 6.45) is 5.19. The van der Waals surface area contributed by atoms with Crippen LogP contribution in [-0.2, 0) is 16.1 Å². The van der Waals surface area contributed by atoms with Crippen molar-refractivity contribution in [3.8, 4) is 5.75 Å². The van der Waals surface area contributed by atoms with Crippen LogP contribution in [0.1, 0.15) is 48.0 Å². The molecule has 0 spiro atoms. The molecule has 0 atom stereocenters. The van der Waals surface area contributed by atoms with Gasteiger partial charge in [0, 0.05) is 0 Å². The Bertz CT molecular complexity index is 700. The van der Waals surface area contributed by atoms with Crippen molar-refractivity contribution in [1.29, 1.82) is 0 Å². The Morgan fingerprint density at radius 1 is 0.880 bits per heavy atom. The van der Waals surface area contributed by atoms with Gasteiger partial charge in [0.05, 0.1) is 11.5 Å². The summed E-state index contributed by atoms with van der Waals surface area (Å²) in [5.74, 6) is -0.0902. The molecule has 1 fully saturated rings. The van der Waals surface area contributed by atoms with Crippen molar-refractivity contribution in [3.05, 3.63) is 65.7 Å². The lowest BCUT2D eigenvalue weighted by Crippen LogP contribution is -2.22. The van der Waals surface area contributed by atoms with Crippen LogP contribution in [0.3, 0.4) is 0 Å². The summed E-state index contributed by atoms with van der Waals surface area (Å²) in [4.78, 5) is 24.2. The molecule has 2 aromatic carbocycles. The Morgan fingerprint density at radius 2 is 1.56 bits per heavy atom. The smallest absolute Gasteiger partial charge is 0.338 e. The number of hydrogen-bond donors (Lipinski definition) is 0. The van der Waals surface area contributed by atoms with Gasteiger partial charge in [-0.3, -0.25) is 4.79 Å². The fourth-order valence-corrected chi connectivity index (χ4v) is 3.00. The van der Waals surface area contributed by atoms with Crippen LogP contribution in [0.2, 0.25) is 0 Å². The summed E-state index contributed by atoms with van der Waals surface area (Å²) >= 11 is 0. The summed E-state index contributed by atoms with van der Waals surface area (Å²) in [6, 6.07) is 16.0. The number of carbonyl (C=O) groups is 2. The highest BCUT2D eigenvalue weighted by Gasteiger charge is 2.23. The largest absolute Gasteiger partial charge is 0.457 e. The van der Waals surface area contributed by atoms with Crippen molar-refractivity contribution >= 4 is 11.9 Å². The van der Waals surface area contributed by atoms with Crippen LogP contribution in [0, 0.1) is 5.92 Å². The molecule has 0 N–H and O–H groups in total. The summed E-state index contributed by atoms with van der Waals surface area (Å²) in [5, 5.41) is 0. The molecule has 0 radical (unpaired) electrons. The summed E-state index contributed by atoms with van der Waals surface area (Å²) in [5.41, 5.74) is 1.38. The predicted octanol–water partition coefficient (Wildman–Crippen LogP) is 4.53. The molecule has 0 aromatic heterocycles. The van der Waals surface area contributed by atoms with Crippen molar-refractivity contribution in [2.45, 2.75) is 38.7 Å². The molecule has 2 aromatic rings. The third kappa shape index (κ3) is 4.92. The maximum atomic E-state index is 12.1. The van der Waals surface area contributed by atoms with Crippen molar-refractivity contribution < 1.29 is 19.1 Å². The maximum absolute atomic E-state index is 12.1. The predicted molar refractivity (Wildman–Crippen MR) is 94.2 cm³/mol. The van der Waals surface area contributed by atoms with Gasteiger partial charge in [0.1, 0.15) is 12.4 Å². The minimum Gasteiger partial charge on any atom is -0.457 e. The molecular weight excluding hydrogens is 316 g/mol. The van der Waals surface area contributed by atoms with E-state index in [9.17, 15) is 9.59 Å². The minimum atomic E-state index is -0.394. The lowest BCUT2D eigenvalue weighted by molar-refractivity contribution is -0.139. The maximum Gasteiger partial charge on any atom is 0.338 e. The molecule has 4 heteroatoms. The van der Waals surface area contributed by atoms with Gasteiger partial charge < -0.3 is 9.47 Å². The zero-order valence-corrected chi connectivity index (χ0v) is 14.1. The first-order chi connectivity index (χ1) is 12.2. The highest BCUT2D eigenvalue weighted by molar-refractivity contribution is 5.89. The van der Waals surface area contributed by atoms with Crippen molar-refractivity contribution in [2.24, 2.45) is 5.92 Å². The number of carbonyl (C=O) groups excluding carboxylic acids is 2. The summed E-state index contributed by atoms with van der Waals surface area (Å²) in [6.45, 7) is 0.234. The molecule has 130 valence electrons. The van der Waals surface area contributed by atoms with Gasteiger partial charge in [0.15, 0.2) is 0 Å². The summed E-state index contributed by atoms with van der Waals surface area (Å²) in [7, 11) is 0. The Morgan fingerprint density at radius 3 is 2.24 bits per heavy atom. The van der Waals surface area contributed by atoms with E-state index < -0.39 is 5.97 Å². The number of hydrogen-bond acceptors (Lipinski definition) is 4. The van der Waals surface area contributed by atoms with Crippen LogP contribution in [0.4, 0.5) is 0 Å². The van der Waals surface area contributed by atoms with Gasteiger partial charge in [-0.25, -0.2) is 4.79 Å². The standard InChI is InChI=1S/C21H22O4/c22-20(24-15-16-7-3-1-4-8-16)18-11-13-19(14-12-18)25-21(23)17-9-5-2-6-10-17/h1,3-4,7-8,11-14,17H,2,5-6,9-10,15H2. The zero-order valence-electron chi connectivity index (χ0n) is 14.1. The Hall–Kier alpha value is -2.62. The lowest BCUT2D eigenvalue weighted by Gasteiger charge is -2.19. The van der Waals surface area contributed by atoms with Crippen molar-refractivity contribution in [2.75, 3.05) is 0 Å². The van der Waals surface area contributed by atoms with Gasteiger partial charge in [0.25, 0.3) is 0 Å². The first-order valence-corrected chi connectivity index (χ1v) is 8.75. The highest BCUT2D eigenvalue weighted by atomic mass is 16.5. The van der Waals surface area contributed by atoms with Crippen LogP contribution in [0.15, 0.2) is 54.6 Å². The van der Waals surface area contributed by atoms with Gasteiger partial charge in [-0.1, -0.05) is 49.6 Å². The SMILES string of the molecule is O=C(OCc1ccccc1)c1ccc(OC(=O)C2CCCCC2)cc1. The van der Waals surface area contributed by atoms with E-state index in [1.807, 2.05) is 30.3 Å². The topological polar surface area (TPSA) is 52.6 Å². The number of benzene rings is 2. The molecule has 4 nitrogen and oxygen atoms in total. The van der Waals surface area contributed by atoms with E-state index >= 15 is 0 Å². The molecule has 3 rings (SSSR count). The average Bonchev–Trinajstić information content (AvgIpc) is 2.68. The molecular formula is C21H22O4. The first-order valence-electron chi connectivity index (χ1n) is 8.75. The molecule has 1 aliphatic rings. The van der Waals surface area contributed by atoms with E-state index in [-0.39, 0.29) is 18.5 Å².